The molecule has 0 radical (unpaired) electrons. The van der Waals surface area contributed by atoms with Crippen LogP contribution in [0.3, 0.4) is 0 Å². The van der Waals surface area contributed by atoms with Crippen LogP contribution in [0.1, 0.15) is 32.3 Å². The molecule has 0 unspecified atom stereocenters. The van der Waals surface area contributed by atoms with Gasteiger partial charge in [0.2, 0.25) is 10.0 Å². The molecule has 2 aromatic carbocycles. The third kappa shape index (κ3) is 7.20. The lowest BCUT2D eigenvalue weighted by molar-refractivity contribution is -0.135. The van der Waals surface area contributed by atoms with Crippen LogP contribution < -0.4 is 5.32 Å². The molecule has 0 bridgehead atoms. The Hall–Kier alpha value is -2.71. The van der Waals surface area contributed by atoms with Crippen LogP contribution in [-0.4, -0.2) is 58.1 Å². The van der Waals surface area contributed by atoms with Crippen LogP contribution in [0.25, 0.3) is 11.1 Å². The van der Waals surface area contributed by atoms with Crippen LogP contribution in [0.5, 0.6) is 0 Å². The topological polar surface area (TPSA) is 101 Å². The van der Waals surface area contributed by atoms with Crippen molar-refractivity contribution in [1.82, 2.24) is 9.62 Å². The molecule has 7 nitrogen and oxygen atoms in total. The van der Waals surface area contributed by atoms with Gasteiger partial charge in [-0.3, -0.25) is 4.79 Å². The average Bonchev–Trinajstić information content (AvgIpc) is 2.83. The molecule has 0 aromatic heterocycles. The van der Waals surface area contributed by atoms with Crippen LogP contribution in [0.15, 0.2) is 58.8 Å². The van der Waals surface area contributed by atoms with Crippen LogP contribution in [0, 0.1) is 11.8 Å². The van der Waals surface area contributed by atoms with Crippen molar-refractivity contribution in [3.63, 3.8) is 0 Å². The van der Waals surface area contributed by atoms with Gasteiger partial charge in [-0.2, -0.15) is 4.31 Å². The van der Waals surface area contributed by atoms with Crippen LogP contribution in [-0.2, 0) is 24.7 Å². The fraction of sp³-hybridized carbons (Fsp3) is 0.346. The highest BCUT2D eigenvalue weighted by Crippen LogP contribution is 2.35. The second kappa shape index (κ2) is 11.4. The first kappa shape index (κ1) is 28.9. The van der Waals surface area contributed by atoms with E-state index in [1.54, 1.807) is 31.2 Å². The summed E-state index contributed by atoms with van der Waals surface area (Å²) in [5.41, 5.74) is -0.549. The minimum Gasteiger partial charge on any atom is -0.347 e. The molecular formula is C26H28ClFN2O5S2. The summed E-state index contributed by atoms with van der Waals surface area (Å²) in [5, 5.41) is 3.74. The first-order chi connectivity index (χ1) is 17.2. The quantitative estimate of drug-likeness (QED) is 0.512. The van der Waals surface area contributed by atoms with Crippen molar-refractivity contribution in [2.24, 2.45) is 0 Å². The van der Waals surface area contributed by atoms with E-state index in [-0.39, 0.29) is 30.8 Å². The molecule has 1 heterocycles. The second-order valence-corrected chi connectivity index (χ2v) is 13.2. The first-order valence-electron chi connectivity index (χ1n) is 11.5. The van der Waals surface area contributed by atoms with Gasteiger partial charge in [0.25, 0.3) is 5.91 Å². The molecule has 3 rings (SSSR count). The number of benzene rings is 2. The number of hydrogen-bond donors (Lipinski definition) is 1. The molecule has 0 spiro atoms. The van der Waals surface area contributed by atoms with Gasteiger partial charge in [0.15, 0.2) is 15.5 Å². The Labute approximate surface area is 222 Å². The zero-order valence-electron chi connectivity index (χ0n) is 20.7. The molecule has 1 aliphatic heterocycles. The zero-order chi connectivity index (χ0) is 27.4. The van der Waals surface area contributed by atoms with Gasteiger partial charge in [-0.1, -0.05) is 35.7 Å². The zero-order valence-corrected chi connectivity index (χ0v) is 23.1. The Bertz CT molecular complexity index is 1490. The minimum atomic E-state index is -4.04. The highest BCUT2D eigenvalue weighted by Gasteiger charge is 2.44. The number of sulfonamides is 1. The molecule has 0 aliphatic carbocycles. The number of carbonyl (C=O) groups is 1. The largest absolute Gasteiger partial charge is 0.347 e. The summed E-state index contributed by atoms with van der Waals surface area (Å²) >= 11 is 6.20. The van der Waals surface area contributed by atoms with E-state index in [1.807, 2.05) is 6.07 Å². The van der Waals surface area contributed by atoms with E-state index in [1.165, 1.54) is 25.1 Å². The fourth-order valence-electron chi connectivity index (χ4n) is 3.95. The lowest BCUT2D eigenvalue weighted by Crippen LogP contribution is -2.53. The summed E-state index contributed by atoms with van der Waals surface area (Å²) in [7, 11) is -7.44. The van der Waals surface area contributed by atoms with Crippen molar-refractivity contribution in [1.29, 1.82) is 0 Å². The number of halogens is 2. The molecule has 2 aromatic rings. The van der Waals surface area contributed by atoms with Gasteiger partial charge < -0.3 is 5.32 Å². The van der Waals surface area contributed by atoms with Crippen LogP contribution in [0.4, 0.5) is 4.39 Å². The number of nitrogens with zero attached hydrogens (tertiary/aromatic N) is 1. The predicted octanol–water partition coefficient (Wildman–Crippen LogP) is 3.93. The van der Waals surface area contributed by atoms with E-state index in [2.05, 4.69) is 17.2 Å². The van der Waals surface area contributed by atoms with Gasteiger partial charge in [0, 0.05) is 59.8 Å². The molecular weight excluding hydrogens is 539 g/mol. The Morgan fingerprint density at radius 2 is 1.84 bits per heavy atom. The van der Waals surface area contributed by atoms with Gasteiger partial charge in [0.1, 0.15) is 0 Å². The standard InChI is InChI=1S/C26H28ClFN2O5S2/c1-4-6-20-7-5-8-21(17-20)23-18-22(27)9-10-24(23)37(34,35)30-14-12-26(28,13-15-30)25(31)29-19(2)11-16-36(3,32)33/h5,7-11,16-19H,12-15H2,1-3H3,(H,29,31)/b16-11-/t19-/m0/s1. The first-order valence-corrected chi connectivity index (χ1v) is 15.2. The molecule has 11 heteroatoms. The number of sulfone groups is 1. The SMILES string of the molecule is CC#Cc1cccc(-c2cc(Cl)ccc2S(=O)(=O)N2CCC(F)(C(=O)N[C@@H](C)/C=C\S(C)(=O)=O)CC2)c1. The third-order valence-electron chi connectivity index (χ3n) is 5.90. The van der Waals surface area contributed by atoms with E-state index < -0.39 is 37.5 Å². The average molecular weight is 567 g/mol. The van der Waals surface area contributed by atoms with Gasteiger partial charge in [0.05, 0.1) is 4.90 Å². The van der Waals surface area contributed by atoms with Crippen molar-refractivity contribution in [3.8, 4) is 23.0 Å². The second-order valence-electron chi connectivity index (χ2n) is 8.89. The number of alkyl halides is 1. The highest BCUT2D eigenvalue weighted by molar-refractivity contribution is 7.93. The third-order valence-corrected chi connectivity index (χ3v) is 8.74. The van der Waals surface area contributed by atoms with E-state index in [0.717, 1.165) is 21.5 Å². The number of carbonyl (C=O) groups excluding carboxylic acids is 1. The molecule has 0 saturated carbocycles. The monoisotopic (exact) mass is 566 g/mol. The number of amides is 1. The summed E-state index contributed by atoms with van der Waals surface area (Å²) in [6, 6.07) is 10.9. The van der Waals surface area contributed by atoms with Gasteiger partial charge in [-0.25, -0.2) is 21.2 Å². The van der Waals surface area contributed by atoms with E-state index in [4.69, 9.17) is 11.6 Å². The Morgan fingerprint density at radius 1 is 1.16 bits per heavy atom. The maximum atomic E-state index is 15.5. The summed E-state index contributed by atoms with van der Waals surface area (Å²) in [4.78, 5) is 12.6. The lowest BCUT2D eigenvalue weighted by atomic mass is 9.93. The van der Waals surface area contributed by atoms with Gasteiger partial charge in [-0.15, -0.1) is 5.92 Å². The lowest BCUT2D eigenvalue weighted by Gasteiger charge is -2.35. The van der Waals surface area contributed by atoms with Gasteiger partial charge >= 0.3 is 0 Å². The number of piperidine rings is 1. The molecule has 1 N–H and O–H groups in total. The molecule has 1 saturated heterocycles. The Balaban J connectivity index is 1.81. The normalized spacial score (nSPS) is 17.1. The Morgan fingerprint density at radius 3 is 2.46 bits per heavy atom. The predicted molar refractivity (Wildman–Crippen MR) is 143 cm³/mol. The maximum absolute atomic E-state index is 15.5. The smallest absolute Gasteiger partial charge is 0.258 e. The van der Waals surface area contributed by atoms with Crippen molar-refractivity contribution in [2.75, 3.05) is 19.3 Å². The summed E-state index contributed by atoms with van der Waals surface area (Å²) < 4.78 is 66.4. The Kier molecular flexibility index (Phi) is 8.85. The van der Waals surface area contributed by atoms with Crippen molar-refractivity contribution < 1.29 is 26.0 Å². The van der Waals surface area contributed by atoms with Crippen molar-refractivity contribution >= 4 is 37.4 Å². The fourth-order valence-corrected chi connectivity index (χ4v) is 6.28. The molecule has 1 aliphatic rings. The number of rotatable bonds is 7. The van der Waals surface area contributed by atoms with E-state index in [0.29, 0.717) is 16.1 Å². The van der Waals surface area contributed by atoms with Crippen molar-refractivity contribution in [3.05, 3.63) is 64.5 Å². The van der Waals surface area contributed by atoms with E-state index in [9.17, 15) is 21.6 Å². The number of hydrogen-bond acceptors (Lipinski definition) is 5. The molecule has 37 heavy (non-hydrogen) atoms. The highest BCUT2D eigenvalue weighted by atomic mass is 35.5. The molecule has 1 amide bonds. The summed E-state index contributed by atoms with van der Waals surface area (Å²) in [5.74, 6) is 4.85. The summed E-state index contributed by atoms with van der Waals surface area (Å²) in [6.07, 6.45) is 1.57. The van der Waals surface area contributed by atoms with E-state index >= 15 is 4.39 Å². The molecule has 198 valence electrons. The van der Waals surface area contributed by atoms with Crippen molar-refractivity contribution in [2.45, 2.75) is 43.3 Å². The van der Waals surface area contributed by atoms with Crippen LogP contribution >= 0.6 is 11.6 Å². The van der Waals surface area contributed by atoms with Gasteiger partial charge in [-0.05, 0) is 49.7 Å². The number of nitrogens with one attached hydrogen (secondary N) is 1. The molecule has 1 fully saturated rings. The maximum Gasteiger partial charge on any atom is 0.258 e. The van der Waals surface area contributed by atoms with Crippen LogP contribution in [0.2, 0.25) is 5.02 Å². The molecule has 1 atom stereocenters. The minimum absolute atomic E-state index is 0.0221. The summed E-state index contributed by atoms with van der Waals surface area (Å²) in [6.45, 7) is 2.81.